The van der Waals surface area contributed by atoms with Crippen molar-refractivity contribution in [3.8, 4) is 0 Å². The van der Waals surface area contributed by atoms with Crippen molar-refractivity contribution in [2.45, 2.75) is 6.04 Å². The summed E-state index contributed by atoms with van der Waals surface area (Å²) in [6.07, 6.45) is 1.25. The SMILES string of the molecule is CN1CCN(C)C(CNC(=O)c2ccc(F)nc2)C1. The van der Waals surface area contributed by atoms with Gasteiger partial charge in [-0.25, -0.2) is 4.98 Å². The summed E-state index contributed by atoms with van der Waals surface area (Å²) < 4.78 is 12.7. The third-order valence-corrected chi connectivity index (χ3v) is 3.47. The smallest absolute Gasteiger partial charge is 0.252 e. The Hall–Kier alpha value is -1.53. The summed E-state index contributed by atoms with van der Waals surface area (Å²) in [6, 6.07) is 2.93. The van der Waals surface area contributed by atoms with Gasteiger partial charge in [0, 0.05) is 38.4 Å². The largest absolute Gasteiger partial charge is 0.350 e. The molecule has 0 saturated carbocycles. The molecule has 0 radical (unpaired) electrons. The van der Waals surface area contributed by atoms with Crippen LogP contribution in [0.5, 0.6) is 0 Å². The summed E-state index contributed by atoms with van der Waals surface area (Å²) in [7, 11) is 4.13. The quantitative estimate of drug-likeness (QED) is 0.794. The number of likely N-dealkylation sites (N-methyl/N-ethyl adjacent to an activating group) is 2. The van der Waals surface area contributed by atoms with Gasteiger partial charge in [-0.05, 0) is 26.2 Å². The molecule has 1 N–H and O–H groups in total. The van der Waals surface area contributed by atoms with Crippen molar-refractivity contribution in [1.82, 2.24) is 20.1 Å². The van der Waals surface area contributed by atoms with Crippen molar-refractivity contribution in [3.05, 3.63) is 29.8 Å². The maximum atomic E-state index is 12.7. The van der Waals surface area contributed by atoms with Crippen LogP contribution in [-0.4, -0.2) is 67.0 Å². The normalized spacial score (nSPS) is 21.3. The first-order chi connectivity index (χ1) is 9.06. The number of carbonyl (C=O) groups excluding carboxylic acids is 1. The highest BCUT2D eigenvalue weighted by atomic mass is 19.1. The summed E-state index contributed by atoms with van der Waals surface area (Å²) in [4.78, 5) is 19.8. The molecule has 1 aromatic rings. The van der Waals surface area contributed by atoms with E-state index in [4.69, 9.17) is 0 Å². The molecule has 1 atom stereocenters. The van der Waals surface area contributed by atoms with Crippen LogP contribution in [0.25, 0.3) is 0 Å². The molecule has 0 spiro atoms. The van der Waals surface area contributed by atoms with Crippen LogP contribution < -0.4 is 5.32 Å². The molecule has 0 aromatic carbocycles. The van der Waals surface area contributed by atoms with Gasteiger partial charge < -0.3 is 10.2 Å². The van der Waals surface area contributed by atoms with Gasteiger partial charge in [-0.3, -0.25) is 9.69 Å². The van der Waals surface area contributed by atoms with Crippen molar-refractivity contribution < 1.29 is 9.18 Å². The molecule has 2 heterocycles. The molecule has 1 fully saturated rings. The van der Waals surface area contributed by atoms with E-state index in [0.717, 1.165) is 19.6 Å². The van der Waals surface area contributed by atoms with Gasteiger partial charge in [-0.15, -0.1) is 0 Å². The molecule has 1 saturated heterocycles. The summed E-state index contributed by atoms with van der Waals surface area (Å²) in [5.74, 6) is -0.792. The van der Waals surface area contributed by atoms with Gasteiger partial charge in [0.15, 0.2) is 0 Å². The fourth-order valence-electron chi connectivity index (χ4n) is 2.14. The summed E-state index contributed by atoms with van der Waals surface area (Å²) >= 11 is 0. The average molecular weight is 266 g/mol. The molecule has 104 valence electrons. The highest BCUT2D eigenvalue weighted by Crippen LogP contribution is 2.05. The molecule has 1 unspecified atom stereocenters. The fourth-order valence-corrected chi connectivity index (χ4v) is 2.14. The van der Waals surface area contributed by atoms with Crippen LogP contribution in [0.15, 0.2) is 18.3 Å². The molecule has 1 aliphatic heterocycles. The van der Waals surface area contributed by atoms with Gasteiger partial charge in [0.25, 0.3) is 5.91 Å². The second-order valence-electron chi connectivity index (χ2n) is 4.98. The summed E-state index contributed by atoms with van der Waals surface area (Å²) in [5, 5.41) is 2.87. The lowest BCUT2D eigenvalue weighted by molar-refractivity contribution is 0.0881. The first kappa shape index (κ1) is 13.9. The first-order valence-electron chi connectivity index (χ1n) is 6.35. The van der Waals surface area contributed by atoms with E-state index in [1.165, 1.54) is 18.3 Å². The van der Waals surface area contributed by atoms with E-state index in [0.29, 0.717) is 18.2 Å². The molecule has 0 bridgehead atoms. The number of halogens is 1. The Morgan fingerprint density at radius 2 is 2.26 bits per heavy atom. The molecular weight excluding hydrogens is 247 g/mol. The molecule has 6 heteroatoms. The summed E-state index contributed by atoms with van der Waals surface area (Å²) in [5.41, 5.74) is 0.383. The average Bonchev–Trinajstić information content (AvgIpc) is 2.40. The van der Waals surface area contributed by atoms with Crippen molar-refractivity contribution >= 4 is 5.91 Å². The predicted octanol–water partition coefficient (Wildman–Crippen LogP) is 0.196. The Bertz CT molecular complexity index is 437. The van der Waals surface area contributed by atoms with Gasteiger partial charge in [0.1, 0.15) is 0 Å². The fraction of sp³-hybridized carbons (Fsp3) is 0.538. The van der Waals surface area contributed by atoms with Crippen LogP contribution >= 0.6 is 0 Å². The van der Waals surface area contributed by atoms with E-state index in [1.54, 1.807) is 0 Å². The van der Waals surface area contributed by atoms with E-state index >= 15 is 0 Å². The minimum Gasteiger partial charge on any atom is -0.350 e. The predicted molar refractivity (Wildman–Crippen MR) is 70.4 cm³/mol. The number of hydrogen-bond donors (Lipinski definition) is 1. The highest BCUT2D eigenvalue weighted by Gasteiger charge is 2.22. The minimum atomic E-state index is -0.579. The molecule has 5 nitrogen and oxygen atoms in total. The lowest BCUT2D eigenvalue weighted by Crippen LogP contribution is -2.54. The van der Waals surface area contributed by atoms with Crippen LogP contribution in [0.4, 0.5) is 4.39 Å². The van der Waals surface area contributed by atoms with Crippen LogP contribution in [0.3, 0.4) is 0 Å². The maximum Gasteiger partial charge on any atom is 0.252 e. The van der Waals surface area contributed by atoms with Crippen LogP contribution in [-0.2, 0) is 0 Å². The number of nitrogens with one attached hydrogen (secondary N) is 1. The van der Waals surface area contributed by atoms with Gasteiger partial charge in [0.2, 0.25) is 5.95 Å². The minimum absolute atomic E-state index is 0.214. The topological polar surface area (TPSA) is 48.5 Å². The van der Waals surface area contributed by atoms with Crippen LogP contribution in [0.1, 0.15) is 10.4 Å². The van der Waals surface area contributed by atoms with Crippen molar-refractivity contribution in [2.24, 2.45) is 0 Å². The monoisotopic (exact) mass is 266 g/mol. The second-order valence-corrected chi connectivity index (χ2v) is 4.98. The summed E-state index contributed by atoms with van der Waals surface area (Å²) in [6.45, 7) is 3.55. The Balaban J connectivity index is 1.87. The zero-order valence-corrected chi connectivity index (χ0v) is 11.3. The molecule has 2 rings (SSSR count). The van der Waals surface area contributed by atoms with Crippen LogP contribution in [0, 0.1) is 5.95 Å². The van der Waals surface area contributed by atoms with Gasteiger partial charge in [-0.2, -0.15) is 4.39 Å². The zero-order chi connectivity index (χ0) is 13.8. The van der Waals surface area contributed by atoms with Gasteiger partial charge in [-0.1, -0.05) is 0 Å². The number of amides is 1. The highest BCUT2D eigenvalue weighted by molar-refractivity contribution is 5.93. The van der Waals surface area contributed by atoms with Crippen molar-refractivity contribution in [2.75, 3.05) is 40.3 Å². The Morgan fingerprint density at radius 3 is 2.95 bits per heavy atom. The van der Waals surface area contributed by atoms with Crippen molar-refractivity contribution in [1.29, 1.82) is 0 Å². The standard InChI is InChI=1S/C13H19FN4O/c1-17-5-6-18(2)11(9-17)8-16-13(19)10-3-4-12(14)15-7-10/h3-4,7,11H,5-6,8-9H2,1-2H3,(H,16,19). The molecule has 1 amide bonds. The lowest BCUT2D eigenvalue weighted by atomic mass is 10.2. The zero-order valence-electron chi connectivity index (χ0n) is 11.3. The third kappa shape index (κ3) is 3.71. The molecule has 1 aliphatic rings. The van der Waals surface area contributed by atoms with E-state index in [-0.39, 0.29) is 5.91 Å². The second kappa shape index (κ2) is 6.08. The molecule has 1 aromatic heterocycles. The first-order valence-corrected chi connectivity index (χ1v) is 6.35. The Kier molecular flexibility index (Phi) is 4.44. The van der Waals surface area contributed by atoms with Crippen molar-refractivity contribution in [3.63, 3.8) is 0 Å². The van der Waals surface area contributed by atoms with E-state index in [9.17, 15) is 9.18 Å². The third-order valence-electron chi connectivity index (χ3n) is 3.47. The maximum absolute atomic E-state index is 12.7. The lowest BCUT2D eigenvalue weighted by Gasteiger charge is -2.37. The number of pyridine rings is 1. The van der Waals surface area contributed by atoms with Gasteiger partial charge in [0.05, 0.1) is 5.56 Å². The van der Waals surface area contributed by atoms with E-state index in [2.05, 4.69) is 34.2 Å². The molecular formula is C13H19FN4O. The molecule has 0 aliphatic carbocycles. The number of nitrogens with zero attached hydrogens (tertiary/aromatic N) is 3. The van der Waals surface area contributed by atoms with Crippen LogP contribution in [0.2, 0.25) is 0 Å². The number of carbonyl (C=O) groups is 1. The molecule has 19 heavy (non-hydrogen) atoms. The van der Waals surface area contributed by atoms with E-state index in [1.807, 2.05) is 0 Å². The Morgan fingerprint density at radius 1 is 1.47 bits per heavy atom. The van der Waals surface area contributed by atoms with E-state index < -0.39 is 5.95 Å². The number of rotatable bonds is 3. The number of aromatic nitrogens is 1. The number of hydrogen-bond acceptors (Lipinski definition) is 4. The number of piperazine rings is 1. The Labute approximate surface area is 112 Å². The van der Waals surface area contributed by atoms with Gasteiger partial charge >= 0.3 is 0 Å².